The Labute approximate surface area is 130 Å². The molecule has 1 atom stereocenters. The first-order valence-electron chi connectivity index (χ1n) is 5.37. The van der Waals surface area contributed by atoms with Crippen molar-refractivity contribution >= 4 is 43.2 Å². The van der Waals surface area contributed by atoms with Gasteiger partial charge < -0.3 is 4.74 Å². The Kier molecular flexibility index (Phi) is 4.63. The Balaban J connectivity index is 2.46. The highest BCUT2D eigenvalue weighted by Crippen LogP contribution is 2.41. The van der Waals surface area contributed by atoms with Crippen LogP contribution in [0.1, 0.15) is 20.8 Å². The summed E-state index contributed by atoms with van der Waals surface area (Å²) in [4.78, 5) is 0.320. The Morgan fingerprint density at radius 1 is 1.21 bits per heavy atom. The first kappa shape index (κ1) is 14.9. The number of methoxy groups -OCH3 is 1. The number of halogens is 4. The van der Waals surface area contributed by atoms with Crippen molar-refractivity contribution in [2.24, 2.45) is 0 Å². The van der Waals surface area contributed by atoms with Crippen LogP contribution >= 0.6 is 43.2 Å². The lowest BCUT2D eigenvalue weighted by Crippen LogP contribution is -2.00. The molecular formula is C13H10Br2F2OS. The van der Waals surface area contributed by atoms with Gasteiger partial charge in [0, 0.05) is 22.6 Å². The van der Waals surface area contributed by atoms with Gasteiger partial charge in [-0.1, -0.05) is 15.9 Å². The lowest BCUT2D eigenvalue weighted by atomic mass is 10.1. The van der Waals surface area contributed by atoms with E-state index in [-0.39, 0.29) is 11.3 Å². The van der Waals surface area contributed by atoms with Crippen LogP contribution in [0.15, 0.2) is 22.0 Å². The van der Waals surface area contributed by atoms with Crippen LogP contribution in [0.2, 0.25) is 0 Å². The Morgan fingerprint density at radius 2 is 1.79 bits per heavy atom. The minimum Gasteiger partial charge on any atom is -0.497 e. The maximum absolute atomic E-state index is 14.0. The minimum absolute atomic E-state index is 0.00505. The zero-order valence-electron chi connectivity index (χ0n) is 10.1. The van der Waals surface area contributed by atoms with Gasteiger partial charge in [-0.05, 0) is 34.5 Å². The topological polar surface area (TPSA) is 9.23 Å². The van der Waals surface area contributed by atoms with E-state index in [1.54, 1.807) is 0 Å². The highest BCUT2D eigenvalue weighted by Gasteiger charge is 2.22. The first-order valence-corrected chi connectivity index (χ1v) is 7.89. The fourth-order valence-corrected chi connectivity index (χ4v) is 4.08. The summed E-state index contributed by atoms with van der Waals surface area (Å²) in [5.41, 5.74) is 1.04. The molecule has 0 N–H and O–H groups in total. The van der Waals surface area contributed by atoms with Gasteiger partial charge in [-0.2, -0.15) is 0 Å². The number of hydrogen-bond acceptors (Lipinski definition) is 2. The second kappa shape index (κ2) is 5.89. The van der Waals surface area contributed by atoms with Gasteiger partial charge in [-0.25, -0.2) is 8.78 Å². The molecule has 0 fully saturated rings. The van der Waals surface area contributed by atoms with Gasteiger partial charge in [0.05, 0.1) is 15.7 Å². The van der Waals surface area contributed by atoms with Crippen LogP contribution in [0.3, 0.4) is 0 Å². The van der Waals surface area contributed by atoms with Crippen LogP contribution < -0.4 is 4.74 Å². The maximum Gasteiger partial charge on any atom is 0.134 e. The van der Waals surface area contributed by atoms with Gasteiger partial charge in [0.15, 0.2) is 0 Å². The van der Waals surface area contributed by atoms with Crippen molar-refractivity contribution in [1.82, 2.24) is 0 Å². The molecule has 0 radical (unpaired) electrons. The lowest BCUT2D eigenvalue weighted by Gasteiger charge is -2.12. The van der Waals surface area contributed by atoms with Crippen molar-refractivity contribution < 1.29 is 13.5 Å². The third-order valence-corrected chi connectivity index (χ3v) is 6.12. The molecule has 0 saturated carbocycles. The van der Waals surface area contributed by atoms with Crippen molar-refractivity contribution in [2.75, 3.05) is 7.11 Å². The zero-order valence-corrected chi connectivity index (χ0v) is 14.1. The molecule has 0 amide bonds. The summed E-state index contributed by atoms with van der Waals surface area (Å²) in [5.74, 6) is -1.08. The van der Waals surface area contributed by atoms with Gasteiger partial charge in [0.25, 0.3) is 0 Å². The number of rotatable bonds is 3. The summed E-state index contributed by atoms with van der Waals surface area (Å²) in [5, 5.41) is 0. The summed E-state index contributed by atoms with van der Waals surface area (Å²) in [7, 11) is 1.37. The molecule has 0 saturated heterocycles. The van der Waals surface area contributed by atoms with Crippen molar-refractivity contribution in [2.45, 2.75) is 11.8 Å². The Hall–Kier alpha value is -0.460. The molecule has 6 heteroatoms. The third kappa shape index (κ3) is 3.01. The Morgan fingerprint density at radius 3 is 2.21 bits per heavy atom. The van der Waals surface area contributed by atoms with E-state index in [4.69, 9.17) is 4.74 Å². The molecule has 0 bridgehead atoms. The van der Waals surface area contributed by atoms with E-state index in [2.05, 4.69) is 31.9 Å². The largest absolute Gasteiger partial charge is 0.497 e. The summed E-state index contributed by atoms with van der Waals surface area (Å²) < 4.78 is 33.8. The fourth-order valence-electron chi connectivity index (χ4n) is 1.67. The van der Waals surface area contributed by atoms with E-state index in [0.717, 1.165) is 14.2 Å². The number of hydrogen-bond donors (Lipinski definition) is 0. The summed E-state index contributed by atoms with van der Waals surface area (Å²) in [6.07, 6.45) is 0. The van der Waals surface area contributed by atoms with Crippen LogP contribution in [0.25, 0.3) is 0 Å². The molecular weight excluding hydrogens is 402 g/mol. The number of ether oxygens (including phenoxy) is 1. The van der Waals surface area contributed by atoms with E-state index in [1.807, 2.05) is 13.0 Å². The van der Waals surface area contributed by atoms with E-state index in [1.165, 1.54) is 30.6 Å². The molecule has 1 aromatic heterocycles. The normalized spacial score (nSPS) is 12.5. The lowest BCUT2D eigenvalue weighted by molar-refractivity contribution is 0.405. The van der Waals surface area contributed by atoms with Crippen molar-refractivity contribution in [3.63, 3.8) is 0 Å². The zero-order chi connectivity index (χ0) is 14.2. The number of thiophene rings is 1. The molecule has 1 nitrogen and oxygen atoms in total. The van der Waals surface area contributed by atoms with E-state index < -0.39 is 16.5 Å². The van der Waals surface area contributed by atoms with Crippen LogP contribution in [-0.2, 0) is 0 Å². The molecule has 1 heterocycles. The highest BCUT2D eigenvalue weighted by molar-refractivity contribution is 9.11. The van der Waals surface area contributed by atoms with Crippen LogP contribution in [0.4, 0.5) is 8.78 Å². The molecule has 2 rings (SSSR count). The van der Waals surface area contributed by atoms with Gasteiger partial charge in [-0.3, -0.25) is 0 Å². The average Bonchev–Trinajstić information content (AvgIpc) is 2.68. The predicted octanol–water partition coefficient (Wildman–Crippen LogP) is 5.59. The molecule has 102 valence electrons. The second-order valence-corrected chi connectivity index (χ2v) is 7.29. The molecule has 1 aromatic carbocycles. The van der Waals surface area contributed by atoms with Crippen LogP contribution in [-0.4, -0.2) is 7.11 Å². The number of aryl methyl sites for hydroxylation is 1. The fraction of sp³-hybridized carbons (Fsp3) is 0.231. The van der Waals surface area contributed by atoms with Crippen molar-refractivity contribution in [3.8, 4) is 5.75 Å². The molecule has 2 aromatic rings. The first-order chi connectivity index (χ1) is 8.93. The average molecular weight is 412 g/mol. The number of alkyl halides is 1. The highest BCUT2D eigenvalue weighted by atomic mass is 79.9. The van der Waals surface area contributed by atoms with E-state index in [9.17, 15) is 8.78 Å². The predicted molar refractivity (Wildman–Crippen MR) is 80.4 cm³/mol. The Bertz CT molecular complexity index is 570. The molecule has 19 heavy (non-hydrogen) atoms. The van der Waals surface area contributed by atoms with Crippen molar-refractivity contribution in [1.29, 1.82) is 0 Å². The molecule has 0 aliphatic heterocycles. The minimum atomic E-state index is -0.624. The van der Waals surface area contributed by atoms with Gasteiger partial charge in [0.1, 0.15) is 17.4 Å². The van der Waals surface area contributed by atoms with E-state index in [0.29, 0.717) is 0 Å². The van der Waals surface area contributed by atoms with Crippen molar-refractivity contribution in [3.05, 3.63) is 49.6 Å². The summed E-state index contributed by atoms with van der Waals surface area (Å²) in [6, 6.07) is 4.27. The second-order valence-electron chi connectivity index (χ2n) is 3.97. The molecule has 0 aliphatic rings. The summed E-state index contributed by atoms with van der Waals surface area (Å²) >= 11 is 8.22. The van der Waals surface area contributed by atoms with Gasteiger partial charge in [-0.15, -0.1) is 11.3 Å². The molecule has 1 unspecified atom stereocenters. The SMILES string of the molecule is COc1cc(F)c(C(Br)c2cc(C)c(Br)s2)c(F)c1. The summed E-state index contributed by atoms with van der Waals surface area (Å²) in [6.45, 7) is 1.94. The van der Waals surface area contributed by atoms with Gasteiger partial charge in [0.2, 0.25) is 0 Å². The third-order valence-electron chi connectivity index (χ3n) is 2.67. The number of benzene rings is 1. The van der Waals surface area contributed by atoms with Gasteiger partial charge >= 0.3 is 0 Å². The van der Waals surface area contributed by atoms with Crippen LogP contribution in [0.5, 0.6) is 5.75 Å². The molecule has 0 spiro atoms. The quantitative estimate of drug-likeness (QED) is 0.598. The van der Waals surface area contributed by atoms with E-state index >= 15 is 0 Å². The maximum atomic E-state index is 14.0. The van der Waals surface area contributed by atoms with Crippen LogP contribution in [0, 0.1) is 18.6 Å². The molecule has 0 aliphatic carbocycles. The standard InChI is InChI=1S/C13H10Br2F2OS/c1-6-3-10(19-13(6)15)12(14)11-8(16)4-7(18-2)5-9(11)17/h3-5,12H,1-2H3. The monoisotopic (exact) mass is 410 g/mol. The smallest absolute Gasteiger partial charge is 0.134 e.